The van der Waals surface area contributed by atoms with Gasteiger partial charge in [0.1, 0.15) is 12.1 Å². The minimum atomic E-state index is -1.18. The second-order valence-electron chi connectivity index (χ2n) is 17.1. The van der Waals surface area contributed by atoms with E-state index in [1.807, 2.05) is 131 Å². The van der Waals surface area contributed by atoms with Crippen LogP contribution in [0.15, 0.2) is 116 Å². The van der Waals surface area contributed by atoms with Gasteiger partial charge < -0.3 is 30.4 Å². The number of hydrogen-bond donors (Lipinski definition) is 4. The Hall–Kier alpha value is -6.38. The number of benzene rings is 3. The third-order valence-corrected chi connectivity index (χ3v) is 12.7. The first-order valence-electron chi connectivity index (χ1n) is 22.5. The molecule has 0 radical (unpaired) electrons. The Morgan fingerprint density at radius 2 is 1.47 bits per heavy atom. The van der Waals surface area contributed by atoms with Crippen LogP contribution in [0.3, 0.4) is 0 Å². The summed E-state index contributed by atoms with van der Waals surface area (Å²) < 4.78 is 0. The summed E-state index contributed by atoms with van der Waals surface area (Å²) in [5.74, 6) is -1.05. The number of nitrogens with zero attached hydrogens (tertiary/aromatic N) is 6. The van der Waals surface area contributed by atoms with E-state index >= 15 is 0 Å². The van der Waals surface area contributed by atoms with E-state index < -0.39 is 24.2 Å². The van der Waals surface area contributed by atoms with Gasteiger partial charge in [-0.3, -0.25) is 25.0 Å². The fourth-order valence-corrected chi connectivity index (χ4v) is 8.80. The minimum absolute atomic E-state index is 0.0603. The summed E-state index contributed by atoms with van der Waals surface area (Å²) in [7, 11) is 0. The topological polar surface area (TPSA) is 163 Å². The fraction of sp³-hybridized carbons (Fsp3) is 0.400. The van der Waals surface area contributed by atoms with E-state index in [0.717, 1.165) is 38.9 Å². The van der Waals surface area contributed by atoms with Crippen molar-refractivity contribution in [3.63, 3.8) is 0 Å². The average molecular weight is 868 g/mol. The number of aliphatic hydroxyl groups excluding tert-OH is 1. The zero-order valence-corrected chi connectivity index (χ0v) is 37.3. The number of fused-ring (bicyclic) bond motifs is 1. The molecule has 6 amide bonds. The third kappa shape index (κ3) is 10.9. The molecule has 2 unspecified atom stereocenters. The number of aliphatic hydroxyl groups is 1. The molecule has 2 aromatic heterocycles. The standard InChI is InChI=1S/C50H61N9O5/c1-5-34(3)45(59-29-28-56(50(59)64)32-39-23-25-52-42-18-11-10-16-40(39)42)47(61)54-43(30-36-14-8-7-9-15-36)44(60)33-57(31-37-19-21-38(22-20-37)41-17-12-13-24-51-41)55-48(62)46(35(4)6-2)58-27-26-53-49(58)63/h7-25,34-35,43-46,60H,5-6,26-33H2,1-4H3,(H,53,63)(H,54,61)(H,55,62)/t34?,35-,43-,44-,45?,46-/m0/s1. The predicted molar refractivity (Wildman–Crippen MR) is 247 cm³/mol. The van der Waals surface area contributed by atoms with Gasteiger partial charge in [-0.1, -0.05) is 119 Å². The van der Waals surface area contributed by atoms with Gasteiger partial charge in [0.15, 0.2) is 0 Å². The van der Waals surface area contributed by atoms with Crippen LogP contribution in [-0.2, 0) is 29.1 Å². The van der Waals surface area contributed by atoms with Crippen molar-refractivity contribution in [3.8, 4) is 11.3 Å². The average Bonchev–Trinajstić information content (AvgIpc) is 3.90. The lowest BCUT2D eigenvalue weighted by Gasteiger charge is -2.36. The summed E-state index contributed by atoms with van der Waals surface area (Å²) in [6, 6.07) is 30.2. The molecule has 0 bridgehead atoms. The highest BCUT2D eigenvalue weighted by Gasteiger charge is 2.41. The highest BCUT2D eigenvalue weighted by atomic mass is 16.3. The number of amides is 6. The molecule has 3 aromatic carbocycles. The molecule has 2 aliphatic heterocycles. The number of para-hydroxylation sites is 1. The zero-order valence-electron chi connectivity index (χ0n) is 37.3. The molecule has 14 heteroatoms. The second kappa shape index (κ2) is 21.3. The number of nitrogens with one attached hydrogen (secondary N) is 3. The molecule has 0 aliphatic carbocycles. The lowest BCUT2D eigenvalue weighted by atomic mass is 9.95. The number of urea groups is 2. The van der Waals surface area contributed by atoms with E-state index in [1.165, 1.54) is 0 Å². The summed E-state index contributed by atoms with van der Waals surface area (Å²) in [6.07, 6.45) is 3.92. The molecule has 6 atom stereocenters. The molecule has 0 spiro atoms. The molecule has 7 rings (SSSR count). The van der Waals surface area contributed by atoms with Crippen molar-refractivity contribution in [1.29, 1.82) is 0 Å². The van der Waals surface area contributed by atoms with Gasteiger partial charge in [0.25, 0.3) is 5.91 Å². The van der Waals surface area contributed by atoms with E-state index in [1.54, 1.807) is 32.1 Å². The maximum atomic E-state index is 14.7. The molecule has 4 N–H and O–H groups in total. The van der Waals surface area contributed by atoms with Crippen molar-refractivity contribution in [2.24, 2.45) is 11.8 Å². The molecule has 64 heavy (non-hydrogen) atoms. The minimum Gasteiger partial charge on any atom is -0.390 e. The highest BCUT2D eigenvalue weighted by molar-refractivity contribution is 5.89. The van der Waals surface area contributed by atoms with Crippen LogP contribution in [0.5, 0.6) is 0 Å². The molecular weight excluding hydrogens is 807 g/mol. The summed E-state index contributed by atoms with van der Waals surface area (Å²) >= 11 is 0. The summed E-state index contributed by atoms with van der Waals surface area (Å²) in [6.45, 7) is 10.2. The van der Waals surface area contributed by atoms with Gasteiger partial charge in [-0.2, -0.15) is 0 Å². The quantitative estimate of drug-likeness (QED) is 0.0692. The molecule has 4 heterocycles. The third-order valence-electron chi connectivity index (χ3n) is 12.7. The monoisotopic (exact) mass is 867 g/mol. The van der Waals surface area contributed by atoms with Crippen LogP contribution in [0.2, 0.25) is 0 Å². The molecule has 2 aliphatic rings. The number of pyridine rings is 2. The maximum absolute atomic E-state index is 14.7. The Kier molecular flexibility index (Phi) is 15.2. The molecule has 5 aromatic rings. The SMILES string of the molecule is CCC(C)C(C(=O)N[C@@H](Cc1ccccc1)[C@@H](O)CN(Cc1ccc(-c2ccccn2)cc1)NC(=O)[C@H]([C@@H](C)CC)N1CCNC1=O)N1CCN(Cc2ccnc3ccccc23)C1=O. The Morgan fingerprint density at radius 1 is 0.766 bits per heavy atom. The number of hydrogen-bond acceptors (Lipinski definition) is 8. The van der Waals surface area contributed by atoms with E-state index in [4.69, 9.17) is 0 Å². The van der Waals surface area contributed by atoms with Gasteiger partial charge >= 0.3 is 12.1 Å². The summed E-state index contributed by atoms with van der Waals surface area (Å²) in [5, 5.41) is 21.0. The lowest BCUT2D eigenvalue weighted by molar-refractivity contribution is -0.134. The van der Waals surface area contributed by atoms with E-state index in [-0.39, 0.29) is 48.8 Å². The van der Waals surface area contributed by atoms with E-state index in [9.17, 15) is 24.3 Å². The van der Waals surface area contributed by atoms with Crippen LogP contribution in [0, 0.1) is 11.8 Å². The first-order chi connectivity index (χ1) is 31.0. The van der Waals surface area contributed by atoms with Gasteiger partial charge in [-0.15, -0.1) is 0 Å². The molecule has 2 fully saturated rings. The van der Waals surface area contributed by atoms with Crippen LogP contribution >= 0.6 is 0 Å². The predicted octanol–water partition coefficient (Wildman–Crippen LogP) is 6.01. The largest absolute Gasteiger partial charge is 0.390 e. The van der Waals surface area contributed by atoms with Crippen LogP contribution in [0.4, 0.5) is 9.59 Å². The molecular formula is C50H61N9O5. The Morgan fingerprint density at radius 3 is 2.16 bits per heavy atom. The number of rotatable bonds is 20. The number of carbonyl (C=O) groups is 4. The van der Waals surface area contributed by atoms with Crippen LogP contribution in [0.1, 0.15) is 57.2 Å². The normalized spacial score (nSPS) is 16.9. The van der Waals surface area contributed by atoms with Crippen LogP contribution < -0.4 is 16.1 Å². The molecule has 14 nitrogen and oxygen atoms in total. The van der Waals surface area contributed by atoms with Crippen LogP contribution in [-0.4, -0.2) is 116 Å². The molecule has 0 saturated carbocycles. The first kappa shape index (κ1) is 45.6. The first-order valence-corrected chi connectivity index (χ1v) is 22.5. The van der Waals surface area contributed by atoms with Crippen molar-refractivity contribution in [2.45, 2.75) is 84.3 Å². The van der Waals surface area contributed by atoms with Gasteiger partial charge in [-0.05, 0) is 59.2 Å². The van der Waals surface area contributed by atoms with Gasteiger partial charge in [0.2, 0.25) is 5.91 Å². The summed E-state index contributed by atoms with van der Waals surface area (Å²) in [4.78, 5) is 70.2. The van der Waals surface area contributed by atoms with Gasteiger partial charge in [0.05, 0.1) is 23.4 Å². The zero-order chi connectivity index (χ0) is 45.2. The smallest absolute Gasteiger partial charge is 0.321 e. The molecule has 336 valence electrons. The highest BCUT2D eigenvalue weighted by Crippen LogP contribution is 2.26. The summed E-state index contributed by atoms with van der Waals surface area (Å²) in [5.41, 5.74) is 8.46. The Balaban J connectivity index is 1.14. The van der Waals surface area contributed by atoms with E-state index in [0.29, 0.717) is 52.0 Å². The number of carbonyl (C=O) groups excluding carboxylic acids is 4. The Labute approximate surface area is 376 Å². The lowest BCUT2D eigenvalue weighted by Crippen LogP contribution is -2.59. The number of hydrazine groups is 1. The van der Waals surface area contributed by atoms with Gasteiger partial charge in [0, 0.05) is 69.2 Å². The maximum Gasteiger partial charge on any atom is 0.321 e. The van der Waals surface area contributed by atoms with E-state index in [2.05, 4.69) is 26.0 Å². The van der Waals surface area contributed by atoms with Gasteiger partial charge in [-0.25, -0.2) is 14.6 Å². The van der Waals surface area contributed by atoms with Crippen molar-refractivity contribution in [3.05, 3.63) is 132 Å². The van der Waals surface area contributed by atoms with Crippen molar-refractivity contribution >= 4 is 34.8 Å². The fourth-order valence-electron chi connectivity index (χ4n) is 8.80. The number of aromatic nitrogens is 2. The molecule has 2 saturated heterocycles. The Bertz CT molecular complexity index is 2350. The van der Waals surface area contributed by atoms with Crippen molar-refractivity contribution < 1.29 is 24.3 Å². The van der Waals surface area contributed by atoms with Crippen molar-refractivity contribution in [1.82, 2.24) is 45.7 Å². The van der Waals surface area contributed by atoms with Crippen molar-refractivity contribution in [2.75, 3.05) is 32.7 Å². The van der Waals surface area contributed by atoms with Crippen LogP contribution in [0.25, 0.3) is 22.2 Å². The second-order valence-corrected chi connectivity index (χ2v) is 17.1.